The molecule has 0 aliphatic carbocycles. The smallest absolute Gasteiger partial charge is 0.258 e. The highest BCUT2D eigenvalue weighted by molar-refractivity contribution is 7.89. The quantitative estimate of drug-likeness (QED) is 0.882. The van der Waals surface area contributed by atoms with E-state index >= 15 is 0 Å². The zero-order valence-electron chi connectivity index (χ0n) is 11.3. The fourth-order valence-corrected chi connectivity index (χ4v) is 3.15. The van der Waals surface area contributed by atoms with Crippen LogP contribution >= 0.6 is 11.6 Å². The van der Waals surface area contributed by atoms with Gasteiger partial charge in [0.05, 0.1) is 6.10 Å². The second-order valence-corrected chi connectivity index (χ2v) is 6.67. The van der Waals surface area contributed by atoms with Gasteiger partial charge in [0, 0.05) is 17.3 Å². The number of hydrogen-bond acceptors (Lipinski definition) is 4. The summed E-state index contributed by atoms with van der Waals surface area (Å²) in [7, 11) is -3.77. The summed E-state index contributed by atoms with van der Waals surface area (Å²) < 4.78 is 26.7. The van der Waals surface area contributed by atoms with Gasteiger partial charge in [-0.25, -0.2) is 18.1 Å². The Balaban J connectivity index is 2.14. The van der Waals surface area contributed by atoms with Gasteiger partial charge in [-0.2, -0.15) is 0 Å². The Morgan fingerprint density at radius 2 is 1.86 bits per heavy atom. The van der Waals surface area contributed by atoms with E-state index in [9.17, 15) is 13.5 Å². The molecule has 2 aromatic rings. The Hall–Kier alpha value is -1.47. The number of pyridine rings is 1. The largest absolute Gasteiger partial charge is 0.387 e. The van der Waals surface area contributed by atoms with Gasteiger partial charge in [0.15, 0.2) is 5.03 Å². The Morgan fingerprint density at radius 3 is 2.43 bits per heavy atom. The number of rotatable bonds is 5. The molecule has 21 heavy (non-hydrogen) atoms. The van der Waals surface area contributed by atoms with E-state index in [1.54, 1.807) is 43.3 Å². The molecule has 1 aromatic carbocycles. The summed E-state index contributed by atoms with van der Waals surface area (Å²) in [6.45, 7) is 1.58. The SMILES string of the molecule is CC(NS(=O)(=O)c1ccccn1)C(O)c1ccc(Cl)cc1. The molecular formula is C14H15ClN2O3S. The zero-order chi connectivity index (χ0) is 15.5. The molecular weight excluding hydrogens is 312 g/mol. The van der Waals surface area contributed by atoms with Gasteiger partial charge in [-0.15, -0.1) is 0 Å². The lowest BCUT2D eigenvalue weighted by molar-refractivity contribution is 0.146. The molecule has 0 aliphatic heterocycles. The summed E-state index contributed by atoms with van der Waals surface area (Å²) in [6.07, 6.45) is 0.412. The van der Waals surface area contributed by atoms with Gasteiger partial charge in [0.25, 0.3) is 10.0 Å². The summed E-state index contributed by atoms with van der Waals surface area (Å²) >= 11 is 5.78. The van der Waals surface area contributed by atoms with E-state index in [1.807, 2.05) is 0 Å². The maximum Gasteiger partial charge on any atom is 0.258 e. The predicted octanol–water partition coefficient (Wildman–Crippen LogP) is 2.14. The van der Waals surface area contributed by atoms with E-state index in [0.29, 0.717) is 10.6 Å². The van der Waals surface area contributed by atoms with Crippen LogP contribution in [0.25, 0.3) is 0 Å². The van der Waals surface area contributed by atoms with Crippen LogP contribution in [-0.2, 0) is 10.0 Å². The van der Waals surface area contributed by atoms with Crippen LogP contribution in [0.3, 0.4) is 0 Å². The lowest BCUT2D eigenvalue weighted by Crippen LogP contribution is -2.37. The first-order chi connectivity index (χ1) is 9.90. The highest BCUT2D eigenvalue weighted by atomic mass is 35.5. The maximum atomic E-state index is 12.1. The van der Waals surface area contributed by atoms with E-state index in [1.165, 1.54) is 12.3 Å². The molecule has 0 fully saturated rings. The molecule has 0 bridgehead atoms. The van der Waals surface area contributed by atoms with Crippen molar-refractivity contribution < 1.29 is 13.5 Å². The first-order valence-electron chi connectivity index (χ1n) is 6.27. The van der Waals surface area contributed by atoms with Gasteiger partial charge in [0.1, 0.15) is 0 Å². The average molecular weight is 327 g/mol. The average Bonchev–Trinajstić information content (AvgIpc) is 2.48. The van der Waals surface area contributed by atoms with Crippen LogP contribution < -0.4 is 4.72 Å². The number of sulfonamides is 1. The molecule has 2 atom stereocenters. The van der Waals surface area contributed by atoms with Gasteiger partial charge in [0.2, 0.25) is 0 Å². The number of nitrogens with one attached hydrogen (secondary N) is 1. The number of aromatic nitrogens is 1. The summed E-state index contributed by atoms with van der Waals surface area (Å²) in [5.41, 5.74) is 0.579. The third-order valence-electron chi connectivity index (χ3n) is 2.94. The normalized spacial score (nSPS) is 14.6. The Morgan fingerprint density at radius 1 is 1.19 bits per heavy atom. The van der Waals surface area contributed by atoms with E-state index < -0.39 is 22.2 Å². The molecule has 7 heteroatoms. The zero-order valence-corrected chi connectivity index (χ0v) is 12.8. The Bertz CT molecular complexity index is 690. The van der Waals surface area contributed by atoms with Crippen molar-refractivity contribution in [2.24, 2.45) is 0 Å². The third kappa shape index (κ3) is 4.01. The second kappa shape index (κ2) is 6.53. The fourth-order valence-electron chi connectivity index (χ4n) is 1.82. The number of aliphatic hydroxyl groups is 1. The van der Waals surface area contributed by atoms with Crippen molar-refractivity contribution >= 4 is 21.6 Å². The topological polar surface area (TPSA) is 79.3 Å². The van der Waals surface area contributed by atoms with Gasteiger partial charge in [-0.05, 0) is 36.8 Å². The summed E-state index contributed by atoms with van der Waals surface area (Å²) in [5.74, 6) is 0. The van der Waals surface area contributed by atoms with Crippen LogP contribution in [0.1, 0.15) is 18.6 Å². The van der Waals surface area contributed by atoms with Crippen molar-refractivity contribution in [3.05, 3.63) is 59.2 Å². The van der Waals surface area contributed by atoms with E-state index in [2.05, 4.69) is 9.71 Å². The monoisotopic (exact) mass is 326 g/mol. The van der Waals surface area contributed by atoms with Crippen LogP contribution in [0.4, 0.5) is 0 Å². The lowest BCUT2D eigenvalue weighted by atomic mass is 10.0. The Labute approximate surface area is 128 Å². The van der Waals surface area contributed by atoms with Gasteiger partial charge in [-0.1, -0.05) is 29.8 Å². The van der Waals surface area contributed by atoms with Crippen molar-refractivity contribution in [1.82, 2.24) is 9.71 Å². The molecule has 1 heterocycles. The molecule has 2 N–H and O–H groups in total. The minimum absolute atomic E-state index is 0.0832. The summed E-state index contributed by atoms with van der Waals surface area (Å²) in [6, 6.07) is 10.5. The van der Waals surface area contributed by atoms with Crippen LogP contribution in [-0.4, -0.2) is 24.6 Å². The van der Waals surface area contributed by atoms with Crippen molar-refractivity contribution in [2.75, 3.05) is 0 Å². The molecule has 2 rings (SSSR count). The van der Waals surface area contributed by atoms with Gasteiger partial charge < -0.3 is 5.11 Å². The standard InChI is InChI=1S/C14H15ClN2O3S/c1-10(14(18)11-5-7-12(15)8-6-11)17-21(19,20)13-4-2-3-9-16-13/h2-10,14,17-18H,1H3. The first-order valence-corrected chi connectivity index (χ1v) is 8.13. The van der Waals surface area contributed by atoms with Crippen LogP contribution in [0.15, 0.2) is 53.7 Å². The predicted molar refractivity (Wildman–Crippen MR) is 80.4 cm³/mol. The van der Waals surface area contributed by atoms with Crippen molar-refractivity contribution in [3.8, 4) is 0 Å². The minimum Gasteiger partial charge on any atom is -0.387 e. The lowest BCUT2D eigenvalue weighted by Gasteiger charge is -2.20. The molecule has 0 amide bonds. The summed E-state index contributed by atoms with van der Waals surface area (Å²) in [4.78, 5) is 3.80. The summed E-state index contributed by atoms with van der Waals surface area (Å²) in [5, 5.41) is 10.7. The van der Waals surface area contributed by atoms with Crippen LogP contribution in [0.5, 0.6) is 0 Å². The number of nitrogens with zero attached hydrogens (tertiary/aromatic N) is 1. The number of halogens is 1. The van der Waals surface area contributed by atoms with Gasteiger partial charge in [-0.3, -0.25) is 0 Å². The molecule has 5 nitrogen and oxygen atoms in total. The number of benzene rings is 1. The molecule has 0 saturated heterocycles. The maximum absolute atomic E-state index is 12.1. The highest BCUT2D eigenvalue weighted by Gasteiger charge is 2.24. The van der Waals surface area contributed by atoms with E-state index in [0.717, 1.165) is 0 Å². The molecule has 0 radical (unpaired) electrons. The van der Waals surface area contributed by atoms with E-state index in [-0.39, 0.29) is 5.03 Å². The molecule has 1 aromatic heterocycles. The minimum atomic E-state index is -3.77. The van der Waals surface area contributed by atoms with E-state index in [4.69, 9.17) is 11.6 Å². The fraction of sp³-hybridized carbons (Fsp3) is 0.214. The molecule has 2 unspecified atom stereocenters. The molecule has 112 valence electrons. The van der Waals surface area contributed by atoms with Gasteiger partial charge >= 0.3 is 0 Å². The molecule has 0 spiro atoms. The van der Waals surface area contributed by atoms with Crippen molar-refractivity contribution in [3.63, 3.8) is 0 Å². The Kier molecular flexibility index (Phi) is 4.95. The van der Waals surface area contributed by atoms with Crippen LogP contribution in [0.2, 0.25) is 5.02 Å². The molecule has 0 saturated carbocycles. The second-order valence-electron chi connectivity index (χ2n) is 4.57. The molecule has 0 aliphatic rings. The van der Waals surface area contributed by atoms with Crippen molar-refractivity contribution in [1.29, 1.82) is 0 Å². The number of hydrogen-bond donors (Lipinski definition) is 2. The highest BCUT2D eigenvalue weighted by Crippen LogP contribution is 2.20. The third-order valence-corrected chi connectivity index (χ3v) is 4.67. The first kappa shape index (κ1) is 15.9. The van der Waals surface area contributed by atoms with Crippen LogP contribution in [0, 0.1) is 0 Å². The van der Waals surface area contributed by atoms with Crippen molar-refractivity contribution in [2.45, 2.75) is 24.1 Å². The number of aliphatic hydroxyl groups excluding tert-OH is 1.